The molecule has 110 valence electrons. The van der Waals surface area contributed by atoms with Gasteiger partial charge >= 0.3 is 18.3 Å². The number of carbonyl (C=O) groups is 1. The maximum absolute atomic E-state index is 12.6. The van der Waals surface area contributed by atoms with E-state index in [4.69, 9.17) is 5.11 Å². The SMILES string of the molecule is O=C(O)CC=Cc1ccc(OC(F)(F)C(F)(F)F)cc1. The topological polar surface area (TPSA) is 46.5 Å². The summed E-state index contributed by atoms with van der Waals surface area (Å²) in [5, 5.41) is 8.38. The molecule has 0 aromatic heterocycles. The van der Waals surface area contributed by atoms with Crippen LogP contribution in [0.4, 0.5) is 22.0 Å². The van der Waals surface area contributed by atoms with E-state index < -0.39 is 24.0 Å². The van der Waals surface area contributed by atoms with Gasteiger partial charge in [-0.3, -0.25) is 4.79 Å². The van der Waals surface area contributed by atoms with Crippen LogP contribution in [0.5, 0.6) is 5.75 Å². The highest BCUT2D eigenvalue weighted by molar-refractivity contribution is 5.70. The molecule has 1 aromatic carbocycles. The molecule has 1 N–H and O–H groups in total. The summed E-state index contributed by atoms with van der Waals surface area (Å²) >= 11 is 0. The lowest BCUT2D eigenvalue weighted by atomic mass is 10.2. The molecule has 0 aliphatic heterocycles. The van der Waals surface area contributed by atoms with Crippen molar-refractivity contribution in [3.63, 3.8) is 0 Å². The summed E-state index contributed by atoms with van der Waals surface area (Å²) in [6.07, 6.45) is -8.60. The van der Waals surface area contributed by atoms with Crippen LogP contribution >= 0.6 is 0 Å². The van der Waals surface area contributed by atoms with Gasteiger partial charge in [0.25, 0.3) is 0 Å². The molecule has 0 saturated carbocycles. The van der Waals surface area contributed by atoms with Gasteiger partial charge in [0.2, 0.25) is 0 Å². The van der Waals surface area contributed by atoms with Gasteiger partial charge in [-0.25, -0.2) is 0 Å². The quantitative estimate of drug-likeness (QED) is 0.843. The molecule has 0 aliphatic carbocycles. The number of alkyl halides is 5. The van der Waals surface area contributed by atoms with Crippen LogP contribution in [-0.2, 0) is 4.79 Å². The Balaban J connectivity index is 2.72. The number of halogens is 5. The molecule has 0 spiro atoms. The minimum absolute atomic E-state index is 0.232. The summed E-state index contributed by atoms with van der Waals surface area (Å²) in [6, 6.07) is 4.31. The first-order valence-electron chi connectivity index (χ1n) is 5.24. The van der Waals surface area contributed by atoms with Crippen LogP contribution in [0.3, 0.4) is 0 Å². The summed E-state index contributed by atoms with van der Waals surface area (Å²) in [6.45, 7) is 0. The molecule has 0 fully saturated rings. The van der Waals surface area contributed by atoms with Crippen LogP contribution in [0.15, 0.2) is 30.3 Å². The van der Waals surface area contributed by atoms with Crippen molar-refractivity contribution in [3.05, 3.63) is 35.9 Å². The summed E-state index contributed by atoms with van der Waals surface area (Å²) in [7, 11) is 0. The molecule has 0 atom stereocenters. The van der Waals surface area contributed by atoms with Crippen molar-refractivity contribution in [2.24, 2.45) is 0 Å². The minimum atomic E-state index is -5.80. The van der Waals surface area contributed by atoms with Crippen molar-refractivity contribution < 1.29 is 36.6 Å². The Morgan fingerprint density at radius 3 is 2.15 bits per heavy atom. The molecule has 0 aliphatic rings. The number of carboxylic acid groups (broad SMARTS) is 1. The molecule has 0 amide bonds. The zero-order valence-corrected chi connectivity index (χ0v) is 9.82. The minimum Gasteiger partial charge on any atom is -0.481 e. The van der Waals surface area contributed by atoms with E-state index in [1.807, 2.05) is 0 Å². The first kappa shape index (κ1) is 15.9. The summed E-state index contributed by atoms with van der Waals surface area (Å²) < 4.78 is 64.4. The predicted octanol–water partition coefficient (Wildman–Crippen LogP) is 3.71. The van der Waals surface area contributed by atoms with Crippen LogP contribution < -0.4 is 4.74 Å². The van der Waals surface area contributed by atoms with E-state index >= 15 is 0 Å². The molecular formula is C12H9F5O3. The average molecular weight is 296 g/mol. The lowest BCUT2D eigenvalue weighted by Gasteiger charge is -2.20. The highest BCUT2D eigenvalue weighted by Gasteiger charge is 2.61. The predicted molar refractivity (Wildman–Crippen MR) is 59.4 cm³/mol. The molecule has 1 aromatic rings. The van der Waals surface area contributed by atoms with Crippen LogP contribution in [0.1, 0.15) is 12.0 Å². The van der Waals surface area contributed by atoms with Crippen LogP contribution in [0.25, 0.3) is 6.08 Å². The zero-order chi connectivity index (χ0) is 15.4. The number of rotatable bonds is 5. The molecule has 0 unspecified atom stereocenters. The first-order valence-corrected chi connectivity index (χ1v) is 5.24. The number of carboxylic acids is 1. The van der Waals surface area contributed by atoms with Gasteiger partial charge in [-0.15, -0.1) is 0 Å². The highest BCUT2D eigenvalue weighted by Crippen LogP contribution is 2.37. The molecule has 20 heavy (non-hydrogen) atoms. The third-order valence-corrected chi connectivity index (χ3v) is 2.06. The lowest BCUT2D eigenvalue weighted by Crippen LogP contribution is -2.41. The fourth-order valence-corrected chi connectivity index (χ4v) is 1.15. The van der Waals surface area contributed by atoms with Gasteiger partial charge in [0.15, 0.2) is 0 Å². The molecule has 8 heteroatoms. The smallest absolute Gasteiger partial charge is 0.481 e. The van der Waals surface area contributed by atoms with Crippen molar-refractivity contribution in [2.45, 2.75) is 18.7 Å². The second kappa shape index (κ2) is 5.89. The Kier molecular flexibility index (Phi) is 4.69. The maximum atomic E-state index is 12.6. The van der Waals surface area contributed by atoms with E-state index in [0.29, 0.717) is 5.56 Å². The Bertz CT molecular complexity index is 491. The van der Waals surface area contributed by atoms with E-state index in [0.717, 1.165) is 12.1 Å². The molecular weight excluding hydrogens is 287 g/mol. The Labute approximate surface area is 110 Å². The van der Waals surface area contributed by atoms with Gasteiger partial charge in [-0.2, -0.15) is 22.0 Å². The standard InChI is InChI=1S/C12H9F5O3/c13-11(14,15)12(16,17)20-9-6-4-8(5-7-9)2-1-3-10(18)19/h1-2,4-7H,3H2,(H,18,19). The normalized spacial score (nSPS) is 12.7. The van der Waals surface area contributed by atoms with Crippen LogP contribution in [0, 0.1) is 0 Å². The fraction of sp³-hybridized carbons (Fsp3) is 0.250. The Morgan fingerprint density at radius 1 is 1.15 bits per heavy atom. The number of hydrogen-bond donors (Lipinski definition) is 1. The van der Waals surface area contributed by atoms with Crippen molar-refractivity contribution in [1.82, 2.24) is 0 Å². The lowest BCUT2D eigenvalue weighted by molar-refractivity contribution is -0.360. The van der Waals surface area contributed by atoms with Crippen molar-refractivity contribution in [3.8, 4) is 5.75 Å². The van der Waals surface area contributed by atoms with Gasteiger partial charge in [0, 0.05) is 0 Å². The molecule has 0 heterocycles. The van der Waals surface area contributed by atoms with Crippen molar-refractivity contribution in [2.75, 3.05) is 0 Å². The molecule has 1 rings (SSSR count). The number of aliphatic carboxylic acids is 1. The summed E-state index contributed by atoms with van der Waals surface area (Å²) in [5.41, 5.74) is 0.439. The number of benzene rings is 1. The highest BCUT2D eigenvalue weighted by atomic mass is 19.4. The van der Waals surface area contributed by atoms with E-state index in [-0.39, 0.29) is 6.42 Å². The van der Waals surface area contributed by atoms with Crippen LogP contribution in [-0.4, -0.2) is 23.4 Å². The molecule has 0 saturated heterocycles. The second-order valence-electron chi connectivity index (χ2n) is 3.69. The van der Waals surface area contributed by atoms with Gasteiger partial charge < -0.3 is 9.84 Å². The monoisotopic (exact) mass is 296 g/mol. The number of hydrogen-bond acceptors (Lipinski definition) is 2. The zero-order valence-electron chi connectivity index (χ0n) is 9.82. The maximum Gasteiger partial charge on any atom is 0.499 e. The Hall–Kier alpha value is -2.12. The molecule has 0 bridgehead atoms. The second-order valence-corrected chi connectivity index (χ2v) is 3.69. The fourth-order valence-electron chi connectivity index (χ4n) is 1.15. The third kappa shape index (κ3) is 4.52. The van der Waals surface area contributed by atoms with E-state index in [9.17, 15) is 26.7 Å². The van der Waals surface area contributed by atoms with Crippen LogP contribution in [0.2, 0.25) is 0 Å². The third-order valence-electron chi connectivity index (χ3n) is 2.06. The van der Waals surface area contributed by atoms with Gasteiger partial charge in [0.1, 0.15) is 5.75 Å². The van der Waals surface area contributed by atoms with Gasteiger partial charge in [-0.1, -0.05) is 24.3 Å². The van der Waals surface area contributed by atoms with Gasteiger partial charge in [0.05, 0.1) is 6.42 Å². The van der Waals surface area contributed by atoms with Crippen molar-refractivity contribution >= 4 is 12.0 Å². The van der Waals surface area contributed by atoms with E-state index in [1.54, 1.807) is 0 Å². The van der Waals surface area contributed by atoms with E-state index in [1.165, 1.54) is 24.3 Å². The Morgan fingerprint density at radius 2 is 1.70 bits per heavy atom. The summed E-state index contributed by atoms with van der Waals surface area (Å²) in [4.78, 5) is 10.2. The van der Waals surface area contributed by atoms with E-state index in [2.05, 4.69) is 4.74 Å². The van der Waals surface area contributed by atoms with Crippen molar-refractivity contribution in [1.29, 1.82) is 0 Å². The average Bonchev–Trinajstić information content (AvgIpc) is 2.29. The largest absolute Gasteiger partial charge is 0.499 e. The van der Waals surface area contributed by atoms with Gasteiger partial charge in [-0.05, 0) is 17.7 Å². The molecule has 0 radical (unpaired) electrons. The first-order chi connectivity index (χ1) is 9.12. The summed E-state index contributed by atoms with van der Waals surface area (Å²) in [5.74, 6) is -1.70. The molecule has 3 nitrogen and oxygen atoms in total. The number of ether oxygens (including phenoxy) is 1.